The van der Waals surface area contributed by atoms with Gasteiger partial charge in [0, 0.05) is 24.2 Å². The van der Waals surface area contributed by atoms with Gasteiger partial charge in [0.15, 0.2) is 5.82 Å². The van der Waals surface area contributed by atoms with Crippen LogP contribution in [0, 0.1) is 6.92 Å². The first-order valence-electron chi connectivity index (χ1n) is 6.04. The molecule has 0 aliphatic carbocycles. The molecule has 0 fully saturated rings. The topological polar surface area (TPSA) is 56.7 Å². The summed E-state index contributed by atoms with van der Waals surface area (Å²) in [6.45, 7) is 3.05. The summed E-state index contributed by atoms with van der Waals surface area (Å²) < 4.78 is 2.23. The number of anilines is 1. The molecular weight excluding hydrogens is 212 g/mol. The van der Waals surface area contributed by atoms with Crippen molar-refractivity contribution in [2.24, 2.45) is 0 Å². The zero-order valence-electron chi connectivity index (χ0n) is 9.98. The molecule has 17 heavy (non-hydrogen) atoms. The molecule has 1 aromatic heterocycles. The fourth-order valence-electron chi connectivity index (χ4n) is 2.34. The van der Waals surface area contributed by atoms with Gasteiger partial charge in [0.25, 0.3) is 0 Å². The van der Waals surface area contributed by atoms with Gasteiger partial charge in [-0.05, 0) is 43.5 Å². The molecule has 4 nitrogen and oxygen atoms in total. The molecule has 88 valence electrons. The van der Waals surface area contributed by atoms with Gasteiger partial charge in [0.2, 0.25) is 0 Å². The number of benzene rings is 1. The number of aromatic nitrogens is 3. The number of aryl methyl sites for hydroxylation is 2. The molecule has 1 aromatic carbocycles. The van der Waals surface area contributed by atoms with Gasteiger partial charge in [-0.15, -0.1) is 10.2 Å². The number of nitrogens with two attached hydrogens (primary N) is 1. The van der Waals surface area contributed by atoms with E-state index < -0.39 is 0 Å². The largest absolute Gasteiger partial charge is 0.399 e. The SMILES string of the molecule is Cc1cc(-c2nnc3n2CCCC3)ccc1N. The second-order valence-electron chi connectivity index (χ2n) is 4.62. The number of hydrogen-bond donors (Lipinski definition) is 1. The Hall–Kier alpha value is -1.84. The Morgan fingerprint density at radius 2 is 2.12 bits per heavy atom. The summed E-state index contributed by atoms with van der Waals surface area (Å²) in [5.74, 6) is 2.09. The van der Waals surface area contributed by atoms with Crippen LogP contribution in [0.4, 0.5) is 5.69 Å². The lowest BCUT2D eigenvalue weighted by atomic mass is 10.1. The highest BCUT2D eigenvalue weighted by Crippen LogP contribution is 2.25. The Morgan fingerprint density at radius 3 is 2.94 bits per heavy atom. The Kier molecular flexibility index (Phi) is 2.35. The van der Waals surface area contributed by atoms with Gasteiger partial charge < -0.3 is 10.3 Å². The normalized spacial score (nSPS) is 14.6. The van der Waals surface area contributed by atoms with Crippen LogP contribution < -0.4 is 5.73 Å². The van der Waals surface area contributed by atoms with E-state index in [1.807, 2.05) is 19.1 Å². The van der Waals surface area contributed by atoms with Gasteiger partial charge in [0.05, 0.1) is 0 Å². The lowest BCUT2D eigenvalue weighted by Crippen LogP contribution is -2.11. The van der Waals surface area contributed by atoms with Crippen molar-refractivity contribution in [3.8, 4) is 11.4 Å². The van der Waals surface area contributed by atoms with Crippen molar-refractivity contribution in [3.63, 3.8) is 0 Å². The summed E-state index contributed by atoms with van der Waals surface area (Å²) in [7, 11) is 0. The summed E-state index contributed by atoms with van der Waals surface area (Å²) in [6, 6.07) is 6.05. The van der Waals surface area contributed by atoms with Crippen LogP contribution in [-0.4, -0.2) is 14.8 Å². The van der Waals surface area contributed by atoms with Crippen LogP contribution in [0.3, 0.4) is 0 Å². The quantitative estimate of drug-likeness (QED) is 0.761. The molecule has 1 aliphatic rings. The summed E-state index contributed by atoms with van der Waals surface area (Å²) in [5, 5.41) is 8.58. The second kappa shape index (κ2) is 3.87. The number of nitrogens with zero attached hydrogens (tertiary/aromatic N) is 3. The summed E-state index contributed by atoms with van der Waals surface area (Å²) in [4.78, 5) is 0. The minimum Gasteiger partial charge on any atom is -0.399 e. The molecule has 2 N–H and O–H groups in total. The van der Waals surface area contributed by atoms with Crippen molar-refractivity contribution < 1.29 is 0 Å². The van der Waals surface area contributed by atoms with E-state index in [0.717, 1.165) is 41.4 Å². The average molecular weight is 228 g/mol. The molecule has 0 radical (unpaired) electrons. The highest BCUT2D eigenvalue weighted by atomic mass is 15.3. The van der Waals surface area contributed by atoms with Crippen LogP contribution in [-0.2, 0) is 13.0 Å². The molecular formula is C13H16N4. The highest BCUT2D eigenvalue weighted by Gasteiger charge is 2.16. The first-order chi connectivity index (χ1) is 8.25. The minimum atomic E-state index is 0.826. The van der Waals surface area contributed by atoms with E-state index >= 15 is 0 Å². The molecule has 0 spiro atoms. The third-order valence-electron chi connectivity index (χ3n) is 3.39. The number of hydrogen-bond acceptors (Lipinski definition) is 3. The predicted octanol–water partition coefficient (Wildman–Crippen LogP) is 2.17. The minimum absolute atomic E-state index is 0.826. The Labute approximate surface area is 100 Å². The molecule has 0 saturated heterocycles. The predicted molar refractivity (Wildman–Crippen MR) is 67.5 cm³/mol. The lowest BCUT2D eigenvalue weighted by molar-refractivity contribution is 0.526. The van der Waals surface area contributed by atoms with E-state index in [4.69, 9.17) is 5.73 Å². The summed E-state index contributed by atoms with van der Waals surface area (Å²) in [5.41, 5.74) is 8.86. The number of rotatable bonds is 1. The molecule has 0 amide bonds. The summed E-state index contributed by atoms with van der Waals surface area (Å²) >= 11 is 0. The maximum Gasteiger partial charge on any atom is 0.163 e. The fraction of sp³-hybridized carbons (Fsp3) is 0.385. The van der Waals surface area contributed by atoms with E-state index in [1.54, 1.807) is 0 Å². The molecule has 0 saturated carbocycles. The second-order valence-corrected chi connectivity index (χ2v) is 4.62. The molecule has 2 aromatic rings. The van der Waals surface area contributed by atoms with Gasteiger partial charge in [-0.2, -0.15) is 0 Å². The molecule has 0 bridgehead atoms. The van der Waals surface area contributed by atoms with Crippen molar-refractivity contribution in [1.82, 2.24) is 14.8 Å². The first-order valence-corrected chi connectivity index (χ1v) is 6.04. The highest BCUT2D eigenvalue weighted by molar-refractivity contribution is 5.62. The van der Waals surface area contributed by atoms with Crippen molar-refractivity contribution in [1.29, 1.82) is 0 Å². The lowest BCUT2D eigenvalue weighted by Gasteiger charge is -2.15. The number of fused-ring (bicyclic) bond motifs is 1. The molecule has 3 rings (SSSR count). The summed E-state index contributed by atoms with van der Waals surface area (Å²) in [6.07, 6.45) is 3.48. The van der Waals surface area contributed by atoms with E-state index in [2.05, 4.69) is 20.8 Å². The van der Waals surface area contributed by atoms with Crippen LogP contribution in [0.15, 0.2) is 18.2 Å². The molecule has 0 unspecified atom stereocenters. The first kappa shape index (κ1) is 10.3. The third-order valence-corrected chi connectivity index (χ3v) is 3.39. The number of nitrogen functional groups attached to an aromatic ring is 1. The van der Waals surface area contributed by atoms with Gasteiger partial charge in [0.1, 0.15) is 5.82 Å². The van der Waals surface area contributed by atoms with Gasteiger partial charge in [-0.25, -0.2) is 0 Å². The fourth-order valence-corrected chi connectivity index (χ4v) is 2.34. The molecule has 0 atom stereocenters. The van der Waals surface area contributed by atoms with E-state index in [9.17, 15) is 0 Å². The molecule has 1 aliphatic heterocycles. The van der Waals surface area contributed by atoms with E-state index in [0.29, 0.717) is 0 Å². The smallest absolute Gasteiger partial charge is 0.163 e. The maximum atomic E-state index is 5.84. The standard InChI is InChI=1S/C13H16N4/c1-9-8-10(5-6-11(9)14)13-16-15-12-4-2-3-7-17(12)13/h5-6,8H,2-4,7,14H2,1H3. The Balaban J connectivity index is 2.09. The Morgan fingerprint density at radius 1 is 1.24 bits per heavy atom. The Bertz CT molecular complexity index is 557. The van der Waals surface area contributed by atoms with Gasteiger partial charge in [-0.3, -0.25) is 0 Å². The van der Waals surface area contributed by atoms with Crippen LogP contribution in [0.5, 0.6) is 0 Å². The third kappa shape index (κ3) is 1.69. The van der Waals surface area contributed by atoms with Gasteiger partial charge in [-0.1, -0.05) is 0 Å². The van der Waals surface area contributed by atoms with Crippen molar-refractivity contribution >= 4 is 5.69 Å². The van der Waals surface area contributed by atoms with Crippen molar-refractivity contribution in [2.75, 3.05) is 5.73 Å². The van der Waals surface area contributed by atoms with Crippen LogP contribution in [0.2, 0.25) is 0 Å². The average Bonchev–Trinajstić information content (AvgIpc) is 2.76. The zero-order chi connectivity index (χ0) is 11.8. The molecule has 2 heterocycles. The van der Waals surface area contributed by atoms with Crippen LogP contribution in [0.1, 0.15) is 24.2 Å². The van der Waals surface area contributed by atoms with Crippen molar-refractivity contribution in [3.05, 3.63) is 29.6 Å². The van der Waals surface area contributed by atoms with E-state index in [1.165, 1.54) is 12.8 Å². The van der Waals surface area contributed by atoms with Crippen LogP contribution >= 0.6 is 0 Å². The zero-order valence-corrected chi connectivity index (χ0v) is 9.98. The molecule has 4 heteroatoms. The van der Waals surface area contributed by atoms with Gasteiger partial charge >= 0.3 is 0 Å². The van der Waals surface area contributed by atoms with E-state index in [-0.39, 0.29) is 0 Å². The monoisotopic (exact) mass is 228 g/mol. The van der Waals surface area contributed by atoms with Crippen molar-refractivity contribution in [2.45, 2.75) is 32.7 Å². The van der Waals surface area contributed by atoms with Crippen LogP contribution in [0.25, 0.3) is 11.4 Å². The maximum absolute atomic E-state index is 5.84.